The molecule has 0 saturated carbocycles. The highest BCUT2D eigenvalue weighted by atomic mass is 32.1. The second kappa shape index (κ2) is 5.73. The van der Waals surface area contributed by atoms with Crippen molar-refractivity contribution in [2.45, 2.75) is 19.4 Å². The molecule has 1 aromatic carbocycles. The van der Waals surface area contributed by atoms with Crippen molar-refractivity contribution in [3.63, 3.8) is 0 Å². The first kappa shape index (κ1) is 13.3. The van der Waals surface area contributed by atoms with Gasteiger partial charge >= 0.3 is 0 Å². The molecular weight excluding hydrogens is 264 g/mol. The van der Waals surface area contributed by atoms with Crippen molar-refractivity contribution in [2.24, 2.45) is 0 Å². The van der Waals surface area contributed by atoms with Crippen LogP contribution in [0.15, 0.2) is 48.7 Å². The Morgan fingerprint density at radius 3 is 2.80 bits per heavy atom. The van der Waals surface area contributed by atoms with Gasteiger partial charge in [-0.3, -0.25) is 4.98 Å². The Balaban J connectivity index is 2.08. The van der Waals surface area contributed by atoms with Gasteiger partial charge in [0.1, 0.15) is 0 Å². The summed E-state index contributed by atoms with van der Waals surface area (Å²) in [6.45, 7) is 2.21. The number of pyridine rings is 1. The van der Waals surface area contributed by atoms with Crippen LogP contribution in [0.2, 0.25) is 0 Å². The first-order valence-corrected chi connectivity index (χ1v) is 7.76. The molecule has 20 heavy (non-hydrogen) atoms. The number of thiophene rings is 1. The van der Waals surface area contributed by atoms with Gasteiger partial charge < -0.3 is 5.32 Å². The van der Waals surface area contributed by atoms with E-state index >= 15 is 0 Å². The van der Waals surface area contributed by atoms with Crippen LogP contribution in [0.1, 0.15) is 24.3 Å². The van der Waals surface area contributed by atoms with Crippen molar-refractivity contribution in [3.8, 4) is 10.4 Å². The molecule has 0 saturated heterocycles. The minimum absolute atomic E-state index is 0.441. The summed E-state index contributed by atoms with van der Waals surface area (Å²) in [6.07, 6.45) is 2.97. The molecule has 0 fully saturated rings. The van der Waals surface area contributed by atoms with E-state index in [0.29, 0.717) is 6.04 Å². The van der Waals surface area contributed by atoms with Gasteiger partial charge in [-0.2, -0.15) is 0 Å². The molecule has 0 aliphatic carbocycles. The van der Waals surface area contributed by atoms with Crippen molar-refractivity contribution in [1.82, 2.24) is 10.3 Å². The Bertz CT molecular complexity index is 708. The lowest BCUT2D eigenvalue weighted by Gasteiger charge is -2.10. The lowest BCUT2D eigenvalue weighted by Crippen LogP contribution is -2.13. The van der Waals surface area contributed by atoms with Gasteiger partial charge in [-0.05, 0) is 31.7 Å². The molecule has 1 N–H and O–H groups in total. The summed E-state index contributed by atoms with van der Waals surface area (Å²) in [6, 6.07) is 15.4. The maximum atomic E-state index is 4.54. The highest BCUT2D eigenvalue weighted by molar-refractivity contribution is 7.15. The van der Waals surface area contributed by atoms with Crippen LogP contribution in [-0.2, 0) is 0 Å². The van der Waals surface area contributed by atoms with Crippen molar-refractivity contribution in [1.29, 1.82) is 0 Å². The Kier molecular flexibility index (Phi) is 3.81. The smallest absolute Gasteiger partial charge is 0.0788 e. The van der Waals surface area contributed by atoms with Crippen LogP contribution in [-0.4, -0.2) is 12.0 Å². The average molecular weight is 282 g/mol. The van der Waals surface area contributed by atoms with Gasteiger partial charge in [0.25, 0.3) is 0 Å². The largest absolute Gasteiger partial charge is 0.312 e. The minimum Gasteiger partial charge on any atom is -0.312 e. The molecule has 0 bridgehead atoms. The molecule has 3 rings (SSSR count). The Morgan fingerprint density at radius 1 is 1.15 bits per heavy atom. The normalized spacial score (nSPS) is 12.7. The van der Waals surface area contributed by atoms with E-state index in [0.717, 1.165) is 11.9 Å². The summed E-state index contributed by atoms with van der Waals surface area (Å²) in [5, 5.41) is 4.56. The second-order valence-electron chi connectivity index (χ2n) is 4.83. The number of hydrogen-bond donors (Lipinski definition) is 1. The van der Waals surface area contributed by atoms with E-state index < -0.39 is 0 Å². The van der Waals surface area contributed by atoms with Crippen molar-refractivity contribution < 1.29 is 0 Å². The summed E-state index contributed by atoms with van der Waals surface area (Å²) in [5.41, 5.74) is 2.31. The van der Waals surface area contributed by atoms with Crippen LogP contribution in [0.4, 0.5) is 0 Å². The summed E-state index contributed by atoms with van der Waals surface area (Å²) in [7, 11) is 2.02. The van der Waals surface area contributed by atoms with Gasteiger partial charge in [-0.15, -0.1) is 11.3 Å². The monoisotopic (exact) mass is 282 g/mol. The molecule has 2 aromatic heterocycles. The van der Waals surface area contributed by atoms with Crippen molar-refractivity contribution in [3.05, 3.63) is 53.5 Å². The van der Waals surface area contributed by atoms with E-state index in [1.54, 1.807) is 0 Å². The third-order valence-electron chi connectivity index (χ3n) is 3.63. The van der Waals surface area contributed by atoms with Crippen LogP contribution in [0.3, 0.4) is 0 Å². The van der Waals surface area contributed by atoms with E-state index in [1.165, 1.54) is 20.7 Å². The molecule has 0 aliphatic heterocycles. The molecule has 102 valence electrons. The predicted octanol–water partition coefficient (Wildman–Crippen LogP) is 4.63. The van der Waals surface area contributed by atoms with Crippen LogP contribution in [0.5, 0.6) is 0 Å². The number of rotatable bonds is 4. The maximum absolute atomic E-state index is 4.54. The summed E-state index contributed by atoms with van der Waals surface area (Å²) in [5.74, 6) is 0. The fourth-order valence-electron chi connectivity index (χ4n) is 2.54. The van der Waals surface area contributed by atoms with Crippen molar-refractivity contribution >= 4 is 22.2 Å². The first-order chi connectivity index (χ1) is 9.83. The van der Waals surface area contributed by atoms with Crippen molar-refractivity contribution in [2.75, 3.05) is 7.05 Å². The van der Waals surface area contributed by atoms with Crippen LogP contribution in [0.25, 0.3) is 21.3 Å². The average Bonchev–Trinajstić information content (AvgIpc) is 2.97. The van der Waals surface area contributed by atoms with E-state index in [-0.39, 0.29) is 0 Å². The van der Waals surface area contributed by atoms with E-state index in [2.05, 4.69) is 53.6 Å². The fraction of sp³-hybridized carbons (Fsp3) is 0.235. The highest BCUT2D eigenvalue weighted by Gasteiger charge is 2.12. The molecule has 0 amide bonds. The standard InChI is InChI=1S/C17H18N2S/c1-3-14(18-2)16-10-9-15(20-16)13-8-4-6-12-7-5-11-19-17(12)13/h4-11,14,18H,3H2,1-2H3. The number of aromatic nitrogens is 1. The zero-order valence-corrected chi connectivity index (χ0v) is 12.6. The third-order valence-corrected chi connectivity index (χ3v) is 4.86. The first-order valence-electron chi connectivity index (χ1n) is 6.94. The molecule has 0 radical (unpaired) electrons. The number of benzene rings is 1. The summed E-state index contributed by atoms with van der Waals surface area (Å²) < 4.78 is 0. The molecule has 2 heterocycles. The lowest BCUT2D eigenvalue weighted by atomic mass is 10.1. The SMILES string of the molecule is CCC(NC)c1ccc(-c2cccc3cccnc23)s1. The zero-order valence-electron chi connectivity index (χ0n) is 11.8. The number of fused-ring (bicyclic) bond motifs is 1. The summed E-state index contributed by atoms with van der Waals surface area (Å²) in [4.78, 5) is 7.22. The lowest BCUT2D eigenvalue weighted by molar-refractivity contribution is 0.586. The Labute approximate surface area is 123 Å². The van der Waals surface area contributed by atoms with Crippen LogP contribution >= 0.6 is 11.3 Å². The van der Waals surface area contributed by atoms with E-state index in [1.807, 2.05) is 30.6 Å². The van der Waals surface area contributed by atoms with Gasteiger partial charge in [0.05, 0.1) is 5.52 Å². The van der Waals surface area contributed by atoms with E-state index in [4.69, 9.17) is 0 Å². The van der Waals surface area contributed by atoms with Gasteiger partial charge in [-0.1, -0.05) is 31.2 Å². The Morgan fingerprint density at radius 2 is 2.00 bits per heavy atom. The Hall–Kier alpha value is -1.71. The predicted molar refractivity (Wildman–Crippen MR) is 87.1 cm³/mol. The molecule has 1 atom stereocenters. The molecule has 3 heteroatoms. The van der Waals surface area contributed by atoms with E-state index in [9.17, 15) is 0 Å². The molecular formula is C17H18N2S. The second-order valence-corrected chi connectivity index (χ2v) is 5.95. The number of nitrogens with zero attached hydrogens (tertiary/aromatic N) is 1. The topological polar surface area (TPSA) is 24.9 Å². The van der Waals surface area contributed by atoms with Gasteiger partial charge in [0.2, 0.25) is 0 Å². The van der Waals surface area contributed by atoms with Gasteiger partial charge in [-0.25, -0.2) is 0 Å². The third kappa shape index (κ3) is 2.35. The van der Waals surface area contributed by atoms with Gasteiger partial charge in [0, 0.05) is 32.9 Å². The molecule has 1 unspecified atom stereocenters. The fourth-order valence-corrected chi connectivity index (χ4v) is 3.76. The number of hydrogen-bond acceptors (Lipinski definition) is 3. The van der Waals surface area contributed by atoms with Crippen LogP contribution in [0, 0.1) is 0 Å². The molecule has 2 nitrogen and oxygen atoms in total. The number of nitrogens with one attached hydrogen (secondary N) is 1. The van der Waals surface area contributed by atoms with Gasteiger partial charge in [0.15, 0.2) is 0 Å². The van der Waals surface area contributed by atoms with Crippen LogP contribution < -0.4 is 5.32 Å². The zero-order chi connectivity index (χ0) is 13.9. The highest BCUT2D eigenvalue weighted by Crippen LogP contribution is 2.35. The molecule has 3 aromatic rings. The maximum Gasteiger partial charge on any atom is 0.0788 e. The summed E-state index contributed by atoms with van der Waals surface area (Å²) >= 11 is 1.86. The molecule has 0 aliphatic rings. The number of para-hydroxylation sites is 1. The molecule has 0 spiro atoms. The minimum atomic E-state index is 0.441. The quantitative estimate of drug-likeness (QED) is 0.754.